The van der Waals surface area contributed by atoms with Crippen molar-refractivity contribution >= 4 is 37.2 Å². The lowest BCUT2D eigenvalue weighted by atomic mass is 15.8. The highest BCUT2D eigenvalue weighted by Gasteiger charge is 1.87. The number of thiol groups is 2. The van der Waals surface area contributed by atoms with Gasteiger partial charge in [0.2, 0.25) is 0 Å². The molecule has 0 saturated heterocycles. The van der Waals surface area contributed by atoms with E-state index < -0.39 is 11.4 Å². The average molecular weight is 146 g/mol. The molecule has 0 aromatic heterocycles. The van der Waals surface area contributed by atoms with Crippen molar-refractivity contribution in [2.45, 2.75) is 0 Å². The molecule has 0 aliphatic carbocycles. The van der Waals surface area contributed by atoms with Crippen LogP contribution in [-0.2, 0) is 18.6 Å². The van der Waals surface area contributed by atoms with Crippen LogP contribution in [0.4, 0.5) is 0 Å². The van der Waals surface area contributed by atoms with Crippen LogP contribution >= 0.6 is 25.8 Å². The molecule has 0 spiro atoms. The highest BCUT2D eigenvalue weighted by Crippen LogP contribution is 1.91. The molecule has 0 rings (SSSR count). The van der Waals surface area contributed by atoms with E-state index in [0.717, 1.165) is 0 Å². The van der Waals surface area contributed by atoms with E-state index in [1.807, 2.05) is 0 Å². The molecule has 0 heterocycles. The third-order valence-electron chi connectivity index (χ3n) is 0.122. The fraction of sp³-hybridized carbons (Fsp3) is 0. The number of rotatable bonds is 2. The molecule has 0 fully saturated rings. The van der Waals surface area contributed by atoms with Gasteiger partial charge in [-0.1, -0.05) is 0 Å². The van der Waals surface area contributed by atoms with E-state index in [-0.39, 0.29) is 0 Å². The molecule has 0 aromatic carbocycles. The molecule has 6 heteroatoms. The van der Waals surface area contributed by atoms with Gasteiger partial charge in [-0.25, -0.2) is 0 Å². The van der Waals surface area contributed by atoms with Crippen LogP contribution in [0.15, 0.2) is 0 Å². The summed E-state index contributed by atoms with van der Waals surface area (Å²) >= 11 is 4.44. The van der Waals surface area contributed by atoms with Crippen LogP contribution in [0.1, 0.15) is 0 Å². The molecule has 0 atom stereocenters. The molecule has 0 aliphatic heterocycles. The summed E-state index contributed by atoms with van der Waals surface area (Å²) in [4.78, 5) is 0. The monoisotopic (exact) mass is 146 g/mol. The van der Waals surface area contributed by atoms with Gasteiger partial charge in [-0.3, -0.25) is 0 Å². The van der Waals surface area contributed by atoms with Gasteiger partial charge >= 0.3 is 11.4 Å². The zero-order valence-electron chi connectivity index (χ0n) is 2.53. The second-order valence-corrected chi connectivity index (χ2v) is 1.95. The molecular formula is H2O3S3. The lowest BCUT2D eigenvalue weighted by Crippen LogP contribution is -1.82. The van der Waals surface area contributed by atoms with Crippen LogP contribution in [-0.4, -0.2) is 4.21 Å². The van der Waals surface area contributed by atoms with Gasteiger partial charge in [0.15, 0.2) is 0 Å². The fourth-order valence-corrected chi connectivity index (χ4v) is 0.367. The minimum Gasteiger partial charge on any atom is -0.199 e. The minimum atomic E-state index is -1.81. The van der Waals surface area contributed by atoms with Gasteiger partial charge in [0, 0.05) is 0 Å². The van der Waals surface area contributed by atoms with Crippen LogP contribution < -0.4 is 0 Å². The van der Waals surface area contributed by atoms with Crippen molar-refractivity contribution in [3.05, 3.63) is 0 Å². The smallest absolute Gasteiger partial charge is 0.199 e. The zero-order chi connectivity index (χ0) is 4.99. The molecule has 38 valence electrons. The molecule has 0 unspecified atom stereocenters. The highest BCUT2D eigenvalue weighted by atomic mass is 32.3. The Labute approximate surface area is 49.1 Å². The molecule has 0 saturated carbocycles. The van der Waals surface area contributed by atoms with E-state index in [1.54, 1.807) is 0 Å². The number of hydrogen-bond acceptors (Lipinski definition) is 5. The minimum absolute atomic E-state index is 1.81. The van der Waals surface area contributed by atoms with Crippen LogP contribution in [0.3, 0.4) is 0 Å². The summed E-state index contributed by atoms with van der Waals surface area (Å²) in [6.07, 6.45) is 0. The van der Waals surface area contributed by atoms with Crippen LogP contribution in [0, 0.1) is 0 Å². The van der Waals surface area contributed by atoms with Crippen molar-refractivity contribution < 1.29 is 11.5 Å². The SMILES string of the molecule is O=S(OS)OS. The topological polar surface area (TPSA) is 35.5 Å². The zero-order valence-corrected chi connectivity index (χ0v) is 5.13. The molecule has 0 bridgehead atoms. The molecular weight excluding hydrogens is 144 g/mol. The summed E-state index contributed by atoms with van der Waals surface area (Å²) in [6.45, 7) is 0. The maximum absolute atomic E-state index is 9.69. The molecule has 3 nitrogen and oxygen atoms in total. The Morgan fingerprint density at radius 3 is 1.67 bits per heavy atom. The van der Waals surface area contributed by atoms with Gasteiger partial charge in [0.1, 0.15) is 0 Å². The molecule has 6 heavy (non-hydrogen) atoms. The lowest BCUT2D eigenvalue weighted by molar-refractivity contribution is 0.530. The Balaban J connectivity index is 2.99. The first-order valence-corrected chi connectivity index (χ1v) is 2.60. The third-order valence-corrected chi connectivity index (χ3v) is 1.10. The summed E-state index contributed by atoms with van der Waals surface area (Å²) < 4.78 is 17.2. The predicted molar refractivity (Wildman–Crippen MR) is 28.3 cm³/mol. The van der Waals surface area contributed by atoms with Gasteiger partial charge < -0.3 is 0 Å². The Morgan fingerprint density at radius 2 is 1.67 bits per heavy atom. The van der Waals surface area contributed by atoms with Gasteiger partial charge in [-0.15, -0.1) is 0 Å². The van der Waals surface area contributed by atoms with Crippen molar-refractivity contribution in [3.63, 3.8) is 0 Å². The molecule has 0 radical (unpaired) electrons. The van der Waals surface area contributed by atoms with Crippen molar-refractivity contribution in [1.82, 2.24) is 0 Å². The second kappa shape index (κ2) is 3.94. The summed E-state index contributed by atoms with van der Waals surface area (Å²) in [5.41, 5.74) is 0. The fourth-order valence-electron chi connectivity index (χ4n) is 0.0136. The second-order valence-electron chi connectivity index (χ2n) is 0.353. The van der Waals surface area contributed by atoms with E-state index in [0.29, 0.717) is 0 Å². The first kappa shape index (κ1) is 6.77. The Morgan fingerprint density at radius 1 is 1.33 bits per heavy atom. The molecule has 0 aliphatic rings. The van der Waals surface area contributed by atoms with Crippen molar-refractivity contribution in [3.8, 4) is 0 Å². The van der Waals surface area contributed by atoms with E-state index in [4.69, 9.17) is 0 Å². The standard InChI is InChI=1S/H2O3S3/c1-6(2-4)3-5/h4-5H. The molecule has 0 aromatic rings. The lowest BCUT2D eigenvalue weighted by Gasteiger charge is -1.83. The van der Waals surface area contributed by atoms with Crippen molar-refractivity contribution in [1.29, 1.82) is 0 Å². The highest BCUT2D eigenvalue weighted by molar-refractivity contribution is 7.94. The van der Waals surface area contributed by atoms with Crippen LogP contribution in [0.2, 0.25) is 0 Å². The van der Waals surface area contributed by atoms with E-state index in [1.165, 1.54) is 0 Å². The maximum atomic E-state index is 9.69. The molecule has 0 amide bonds. The van der Waals surface area contributed by atoms with E-state index in [2.05, 4.69) is 33.1 Å². The maximum Gasteiger partial charge on any atom is 0.327 e. The van der Waals surface area contributed by atoms with Gasteiger partial charge in [-0.2, -0.15) is 11.5 Å². The Hall–Kier alpha value is 0.770. The van der Waals surface area contributed by atoms with Crippen molar-refractivity contribution in [2.24, 2.45) is 0 Å². The largest absolute Gasteiger partial charge is 0.327 e. The quantitative estimate of drug-likeness (QED) is 0.434. The van der Waals surface area contributed by atoms with Crippen LogP contribution in [0.5, 0.6) is 0 Å². The summed E-state index contributed by atoms with van der Waals surface area (Å²) in [7, 11) is 0. The third kappa shape index (κ3) is 2.98. The van der Waals surface area contributed by atoms with Crippen molar-refractivity contribution in [2.75, 3.05) is 0 Å². The average Bonchev–Trinajstić information content (AvgIpc) is 1.65. The van der Waals surface area contributed by atoms with Crippen LogP contribution in [0.25, 0.3) is 0 Å². The normalized spacial score (nSPS) is 9.83. The van der Waals surface area contributed by atoms with Gasteiger partial charge in [0.05, 0.1) is 0 Å². The van der Waals surface area contributed by atoms with E-state index in [9.17, 15) is 4.21 Å². The Bertz CT molecular complexity index is 44.0. The summed E-state index contributed by atoms with van der Waals surface area (Å²) in [5, 5.41) is 0. The summed E-state index contributed by atoms with van der Waals surface area (Å²) in [6, 6.07) is 0. The first-order chi connectivity index (χ1) is 2.81. The number of hydrogen-bond donors (Lipinski definition) is 2. The van der Waals surface area contributed by atoms with Gasteiger partial charge in [-0.05, 0) is 25.8 Å². The van der Waals surface area contributed by atoms with Gasteiger partial charge in [0.25, 0.3) is 0 Å². The Kier molecular flexibility index (Phi) is 4.45. The molecule has 0 N–H and O–H groups in total. The predicted octanol–water partition coefficient (Wildman–Crippen LogP) is 0.288. The summed E-state index contributed by atoms with van der Waals surface area (Å²) in [5.74, 6) is 0. The van der Waals surface area contributed by atoms with E-state index >= 15 is 0 Å². The first-order valence-electron chi connectivity index (χ1n) is 0.865.